The molecule has 0 unspecified atom stereocenters. The highest BCUT2D eigenvalue weighted by molar-refractivity contribution is 8.02. The van der Waals surface area contributed by atoms with E-state index in [1.54, 1.807) is 0 Å². The van der Waals surface area contributed by atoms with Gasteiger partial charge in [-0.3, -0.25) is 0 Å². The fraction of sp³-hybridized carbons (Fsp3) is 0.882. The van der Waals surface area contributed by atoms with Crippen molar-refractivity contribution in [2.45, 2.75) is 64.6 Å². The number of ether oxygens (including phenoxy) is 1. The molecule has 5 atom stereocenters. The van der Waals surface area contributed by atoms with Crippen molar-refractivity contribution in [3.63, 3.8) is 0 Å². The Morgan fingerprint density at radius 2 is 2.05 bits per heavy atom. The molecule has 3 rings (SSSR count). The normalized spacial score (nSPS) is 47.7. The topological polar surface area (TPSA) is 12.5 Å². The fourth-order valence-electron chi connectivity index (χ4n) is 4.72. The number of fused-ring (bicyclic) bond motifs is 2. The zero-order valence-corrected chi connectivity index (χ0v) is 13.5. The van der Waals surface area contributed by atoms with Crippen molar-refractivity contribution in [1.29, 1.82) is 0 Å². The third kappa shape index (κ3) is 2.51. The summed E-state index contributed by atoms with van der Waals surface area (Å²) in [4.78, 5) is 0. The lowest BCUT2D eigenvalue weighted by Crippen LogP contribution is -2.48. The van der Waals surface area contributed by atoms with Crippen LogP contribution in [-0.4, -0.2) is 17.5 Å². The van der Waals surface area contributed by atoms with E-state index in [0.717, 1.165) is 17.8 Å². The van der Waals surface area contributed by atoms with Gasteiger partial charge in [-0.2, -0.15) is 0 Å². The van der Waals surface area contributed by atoms with Crippen molar-refractivity contribution in [3.8, 4) is 0 Å². The quantitative estimate of drug-likeness (QED) is 0.684. The lowest BCUT2D eigenvalue weighted by molar-refractivity contribution is -0.0519. The minimum Gasteiger partial charge on any atom is -0.366 e. The molecule has 1 aliphatic heterocycles. The van der Waals surface area contributed by atoms with Crippen molar-refractivity contribution in [1.82, 2.24) is 0 Å². The van der Waals surface area contributed by atoms with Gasteiger partial charge >= 0.3 is 0 Å². The monoisotopic (exact) mass is 280 g/mol. The van der Waals surface area contributed by atoms with Crippen LogP contribution >= 0.6 is 11.8 Å². The molecule has 0 aromatic carbocycles. The number of thioether (sulfide) groups is 1. The van der Waals surface area contributed by atoms with Gasteiger partial charge in [-0.05, 0) is 67.6 Å². The van der Waals surface area contributed by atoms with E-state index in [1.165, 1.54) is 37.9 Å². The van der Waals surface area contributed by atoms with Gasteiger partial charge in [-0.25, -0.2) is 0 Å². The highest BCUT2D eigenvalue weighted by atomic mass is 32.2. The molecule has 2 heteroatoms. The number of hydrogen-bond donors (Lipinski definition) is 0. The number of epoxide rings is 1. The zero-order valence-electron chi connectivity index (χ0n) is 12.7. The van der Waals surface area contributed by atoms with Crippen LogP contribution in [0.15, 0.2) is 12.0 Å². The molecule has 3 fully saturated rings. The van der Waals surface area contributed by atoms with Crippen LogP contribution < -0.4 is 0 Å². The molecular formula is C17H28OS. The van der Waals surface area contributed by atoms with E-state index in [0.29, 0.717) is 11.5 Å². The Balaban J connectivity index is 1.72. The van der Waals surface area contributed by atoms with Crippen LogP contribution in [0.3, 0.4) is 0 Å². The largest absolute Gasteiger partial charge is 0.366 e. The molecule has 108 valence electrons. The SMILES string of the molecule is C=CSC[C@@H]1CC[C@H]2O[C@]2(C)CC[C@@H]2[C@@H]1CC2(C)C. The number of hydrogen-bond acceptors (Lipinski definition) is 2. The second-order valence-electron chi connectivity index (χ2n) is 7.76. The van der Waals surface area contributed by atoms with E-state index in [-0.39, 0.29) is 5.60 Å². The maximum atomic E-state index is 5.98. The molecule has 0 N–H and O–H groups in total. The van der Waals surface area contributed by atoms with Gasteiger partial charge in [-0.15, -0.1) is 11.8 Å². The lowest BCUT2D eigenvalue weighted by Gasteiger charge is -2.55. The second kappa shape index (κ2) is 4.80. The number of rotatable bonds is 3. The van der Waals surface area contributed by atoms with Gasteiger partial charge in [0, 0.05) is 5.75 Å². The van der Waals surface area contributed by atoms with Gasteiger partial charge in [-0.1, -0.05) is 20.4 Å². The molecule has 1 nitrogen and oxygen atoms in total. The predicted octanol–water partition coefficient (Wildman–Crippen LogP) is 4.87. The zero-order chi connectivity index (χ0) is 13.7. The Labute approximate surface area is 122 Å². The summed E-state index contributed by atoms with van der Waals surface area (Å²) in [5, 5.41) is 2.02. The Bertz CT molecular complexity index is 364. The predicted molar refractivity (Wildman–Crippen MR) is 83.3 cm³/mol. The third-order valence-electron chi connectivity index (χ3n) is 6.10. The van der Waals surface area contributed by atoms with Crippen molar-refractivity contribution < 1.29 is 4.74 Å². The van der Waals surface area contributed by atoms with E-state index >= 15 is 0 Å². The molecule has 0 aromatic rings. The van der Waals surface area contributed by atoms with Crippen LogP contribution in [0.1, 0.15) is 52.9 Å². The Kier molecular flexibility index (Phi) is 3.54. The lowest BCUT2D eigenvalue weighted by atomic mass is 9.51. The minimum atomic E-state index is 0.233. The Hall–Kier alpha value is 0.0500. The molecule has 0 radical (unpaired) electrons. The Morgan fingerprint density at radius 1 is 1.26 bits per heavy atom. The van der Waals surface area contributed by atoms with Crippen LogP contribution in [0.4, 0.5) is 0 Å². The highest BCUT2D eigenvalue weighted by Gasteiger charge is 2.56. The smallest absolute Gasteiger partial charge is 0.0920 e. The summed E-state index contributed by atoms with van der Waals surface area (Å²) in [7, 11) is 0. The van der Waals surface area contributed by atoms with Gasteiger partial charge in [0.2, 0.25) is 0 Å². The average Bonchev–Trinajstić information content (AvgIpc) is 2.97. The van der Waals surface area contributed by atoms with Gasteiger partial charge in [0.15, 0.2) is 0 Å². The Morgan fingerprint density at radius 3 is 2.74 bits per heavy atom. The van der Waals surface area contributed by atoms with Crippen LogP contribution in [0.5, 0.6) is 0 Å². The molecule has 1 saturated heterocycles. The molecule has 2 aliphatic carbocycles. The summed E-state index contributed by atoms with van der Waals surface area (Å²) in [5.74, 6) is 4.03. The summed E-state index contributed by atoms with van der Waals surface area (Å²) in [5.41, 5.74) is 0.795. The van der Waals surface area contributed by atoms with E-state index in [2.05, 4.69) is 27.4 Å². The van der Waals surface area contributed by atoms with Gasteiger partial charge < -0.3 is 4.74 Å². The second-order valence-corrected chi connectivity index (χ2v) is 8.76. The maximum Gasteiger partial charge on any atom is 0.0920 e. The summed E-state index contributed by atoms with van der Waals surface area (Å²) >= 11 is 1.91. The van der Waals surface area contributed by atoms with E-state index < -0.39 is 0 Å². The van der Waals surface area contributed by atoms with Crippen molar-refractivity contribution in [3.05, 3.63) is 12.0 Å². The van der Waals surface area contributed by atoms with Crippen LogP contribution in [0.25, 0.3) is 0 Å². The summed E-state index contributed by atoms with van der Waals surface area (Å²) in [6, 6.07) is 0. The summed E-state index contributed by atoms with van der Waals surface area (Å²) in [6.07, 6.45) is 7.29. The van der Waals surface area contributed by atoms with Gasteiger partial charge in [0.05, 0.1) is 11.7 Å². The fourth-order valence-corrected chi connectivity index (χ4v) is 5.51. The average molecular weight is 280 g/mol. The third-order valence-corrected chi connectivity index (χ3v) is 6.96. The standard InChI is InChI=1S/C17H28OS/c1-5-19-11-12-6-7-15-17(4,18-15)9-8-14-13(12)10-16(14,2)3/h5,12-15H,1,6-11H2,2-4H3/t12-,13+,14+,15+,17+/m0/s1. The molecule has 1 heterocycles. The molecule has 19 heavy (non-hydrogen) atoms. The van der Waals surface area contributed by atoms with Crippen molar-refractivity contribution >= 4 is 11.8 Å². The molecule has 3 aliphatic rings. The molecule has 0 bridgehead atoms. The molecule has 0 amide bonds. The van der Waals surface area contributed by atoms with E-state index in [1.807, 2.05) is 17.2 Å². The molecular weight excluding hydrogens is 252 g/mol. The van der Waals surface area contributed by atoms with Gasteiger partial charge in [0.1, 0.15) is 0 Å². The minimum absolute atomic E-state index is 0.233. The highest BCUT2D eigenvalue weighted by Crippen LogP contribution is 2.59. The molecule has 0 aromatic heterocycles. The molecule has 2 saturated carbocycles. The first-order valence-electron chi connectivity index (χ1n) is 7.86. The van der Waals surface area contributed by atoms with E-state index in [9.17, 15) is 0 Å². The summed E-state index contributed by atoms with van der Waals surface area (Å²) in [6.45, 7) is 11.1. The van der Waals surface area contributed by atoms with Crippen molar-refractivity contribution in [2.24, 2.45) is 23.2 Å². The maximum absolute atomic E-state index is 5.98. The van der Waals surface area contributed by atoms with E-state index in [4.69, 9.17) is 4.74 Å². The van der Waals surface area contributed by atoms with Gasteiger partial charge in [0.25, 0.3) is 0 Å². The van der Waals surface area contributed by atoms with Crippen LogP contribution in [0, 0.1) is 23.2 Å². The van der Waals surface area contributed by atoms with Crippen LogP contribution in [0.2, 0.25) is 0 Å². The van der Waals surface area contributed by atoms with Crippen LogP contribution in [-0.2, 0) is 4.74 Å². The first kappa shape index (κ1) is 14.0. The molecule has 0 spiro atoms. The first-order chi connectivity index (χ1) is 8.96. The first-order valence-corrected chi connectivity index (χ1v) is 8.91. The summed E-state index contributed by atoms with van der Waals surface area (Å²) < 4.78 is 5.98. The van der Waals surface area contributed by atoms with Crippen molar-refractivity contribution in [2.75, 3.05) is 5.75 Å².